The Labute approximate surface area is 76.2 Å². The number of ether oxygens (including phenoxy) is 1. The molecule has 0 saturated carbocycles. The van der Waals surface area contributed by atoms with E-state index in [2.05, 4.69) is 10.1 Å². The van der Waals surface area contributed by atoms with Crippen LogP contribution in [-0.2, 0) is 11.3 Å². The minimum atomic E-state index is 0.542. The summed E-state index contributed by atoms with van der Waals surface area (Å²) in [4.78, 5) is 4.36. The lowest BCUT2D eigenvalue weighted by atomic mass is 10.4. The quantitative estimate of drug-likeness (QED) is 0.691. The Hall–Kier alpha value is -1.42. The van der Waals surface area contributed by atoms with Crippen molar-refractivity contribution in [1.29, 1.82) is 0 Å². The zero-order valence-electron chi connectivity index (χ0n) is 7.69. The second-order valence-electron chi connectivity index (χ2n) is 2.94. The fourth-order valence-corrected chi connectivity index (χ4v) is 1.27. The Bertz CT molecular complexity index is 422. The number of nitrogens with zero attached hydrogens (tertiary/aromatic N) is 3. The molecule has 0 N–H and O–H groups in total. The highest BCUT2D eigenvalue weighted by molar-refractivity contribution is 5.39. The summed E-state index contributed by atoms with van der Waals surface area (Å²) in [6.45, 7) is 2.49. The van der Waals surface area contributed by atoms with Crippen LogP contribution in [0.4, 0.5) is 0 Å². The maximum Gasteiger partial charge on any atom is 0.155 e. The van der Waals surface area contributed by atoms with Gasteiger partial charge in [-0.2, -0.15) is 5.10 Å². The van der Waals surface area contributed by atoms with Crippen molar-refractivity contribution < 1.29 is 4.74 Å². The summed E-state index contributed by atoms with van der Waals surface area (Å²) in [6.07, 6.45) is 1.89. The van der Waals surface area contributed by atoms with Crippen molar-refractivity contribution in [2.24, 2.45) is 0 Å². The van der Waals surface area contributed by atoms with E-state index >= 15 is 0 Å². The molecule has 68 valence electrons. The minimum absolute atomic E-state index is 0.542. The third kappa shape index (κ3) is 1.53. The molecule has 0 aromatic carbocycles. The summed E-state index contributed by atoms with van der Waals surface area (Å²) >= 11 is 0. The molecule has 0 atom stereocenters. The molecule has 0 aliphatic carbocycles. The monoisotopic (exact) mass is 177 g/mol. The van der Waals surface area contributed by atoms with Gasteiger partial charge in [0.15, 0.2) is 5.65 Å². The van der Waals surface area contributed by atoms with Crippen LogP contribution in [0.5, 0.6) is 0 Å². The number of hydrogen-bond acceptors (Lipinski definition) is 3. The first-order valence-electron chi connectivity index (χ1n) is 4.10. The molecule has 0 amide bonds. The van der Waals surface area contributed by atoms with Crippen LogP contribution in [0.15, 0.2) is 18.3 Å². The van der Waals surface area contributed by atoms with Crippen molar-refractivity contribution in [2.45, 2.75) is 13.5 Å². The molecule has 0 spiro atoms. The predicted octanol–water partition coefficient (Wildman–Crippen LogP) is 1.18. The van der Waals surface area contributed by atoms with Gasteiger partial charge < -0.3 is 4.74 Å². The lowest BCUT2D eigenvalue weighted by Gasteiger charge is -1.98. The third-order valence-corrected chi connectivity index (χ3v) is 1.80. The minimum Gasteiger partial charge on any atom is -0.378 e. The van der Waals surface area contributed by atoms with Gasteiger partial charge in [-0.25, -0.2) is 9.50 Å². The van der Waals surface area contributed by atoms with Gasteiger partial charge in [-0.15, -0.1) is 0 Å². The van der Waals surface area contributed by atoms with Gasteiger partial charge in [0.25, 0.3) is 0 Å². The lowest BCUT2D eigenvalue weighted by molar-refractivity contribution is 0.181. The van der Waals surface area contributed by atoms with Gasteiger partial charge in [0.05, 0.1) is 18.0 Å². The molecule has 0 aliphatic heterocycles. The maximum atomic E-state index is 4.99. The van der Waals surface area contributed by atoms with Crippen LogP contribution in [0, 0.1) is 6.92 Å². The van der Waals surface area contributed by atoms with Gasteiger partial charge in [-0.05, 0) is 13.0 Å². The van der Waals surface area contributed by atoms with E-state index in [-0.39, 0.29) is 0 Å². The highest BCUT2D eigenvalue weighted by atomic mass is 16.5. The van der Waals surface area contributed by atoms with E-state index in [4.69, 9.17) is 4.74 Å². The van der Waals surface area contributed by atoms with Crippen LogP contribution in [0.2, 0.25) is 0 Å². The average Bonchev–Trinajstić information content (AvgIpc) is 2.44. The zero-order chi connectivity index (χ0) is 9.26. The number of rotatable bonds is 2. The fraction of sp³-hybridized carbons (Fsp3) is 0.333. The van der Waals surface area contributed by atoms with Crippen molar-refractivity contribution >= 4 is 5.65 Å². The van der Waals surface area contributed by atoms with Gasteiger partial charge in [0.1, 0.15) is 0 Å². The number of methoxy groups -OCH3 is 1. The predicted molar refractivity (Wildman–Crippen MR) is 48.4 cm³/mol. The van der Waals surface area contributed by atoms with Gasteiger partial charge in [-0.1, -0.05) is 0 Å². The summed E-state index contributed by atoms with van der Waals surface area (Å²) in [6, 6.07) is 3.85. The van der Waals surface area contributed by atoms with E-state index < -0.39 is 0 Å². The van der Waals surface area contributed by atoms with E-state index in [1.165, 1.54) is 0 Å². The summed E-state index contributed by atoms with van der Waals surface area (Å²) in [5.41, 5.74) is 2.77. The Kier molecular flexibility index (Phi) is 1.98. The molecule has 13 heavy (non-hydrogen) atoms. The van der Waals surface area contributed by atoms with Gasteiger partial charge >= 0.3 is 0 Å². The molecule has 0 unspecified atom stereocenters. The second-order valence-corrected chi connectivity index (χ2v) is 2.94. The van der Waals surface area contributed by atoms with Crippen LogP contribution < -0.4 is 0 Å². The van der Waals surface area contributed by atoms with Crippen molar-refractivity contribution in [1.82, 2.24) is 14.6 Å². The van der Waals surface area contributed by atoms with E-state index in [1.54, 1.807) is 11.6 Å². The topological polar surface area (TPSA) is 39.4 Å². The highest BCUT2D eigenvalue weighted by Crippen LogP contribution is 2.04. The van der Waals surface area contributed by atoms with Crippen molar-refractivity contribution in [3.8, 4) is 0 Å². The summed E-state index contributed by atoms with van der Waals surface area (Å²) < 4.78 is 6.75. The van der Waals surface area contributed by atoms with Crippen LogP contribution in [0.25, 0.3) is 5.65 Å². The molecular formula is C9H11N3O. The van der Waals surface area contributed by atoms with Gasteiger partial charge in [0, 0.05) is 19.4 Å². The Morgan fingerprint density at radius 3 is 3.15 bits per heavy atom. The van der Waals surface area contributed by atoms with E-state index in [9.17, 15) is 0 Å². The summed E-state index contributed by atoms with van der Waals surface area (Å²) in [5, 5.41) is 4.23. The fourth-order valence-electron chi connectivity index (χ4n) is 1.27. The molecule has 4 nitrogen and oxygen atoms in total. The standard InChI is InChI=1S/C9H11N3O/c1-7-5-9-10-8(6-13-2)3-4-12(9)11-7/h3-5H,6H2,1-2H3. The molecule has 2 heterocycles. The smallest absolute Gasteiger partial charge is 0.155 e. The van der Waals surface area contributed by atoms with Crippen LogP contribution in [0.3, 0.4) is 0 Å². The number of aromatic nitrogens is 3. The molecular weight excluding hydrogens is 166 g/mol. The molecule has 0 radical (unpaired) electrons. The molecule has 2 rings (SSSR count). The van der Waals surface area contributed by atoms with Crippen molar-refractivity contribution in [2.75, 3.05) is 7.11 Å². The molecule has 0 saturated heterocycles. The third-order valence-electron chi connectivity index (χ3n) is 1.80. The van der Waals surface area contributed by atoms with Crippen molar-refractivity contribution in [3.05, 3.63) is 29.7 Å². The molecule has 4 heteroatoms. The molecule has 0 fully saturated rings. The SMILES string of the molecule is COCc1ccn2nc(C)cc2n1. The van der Waals surface area contributed by atoms with Crippen LogP contribution in [0.1, 0.15) is 11.4 Å². The van der Waals surface area contributed by atoms with Gasteiger partial charge in [0.2, 0.25) is 0 Å². The molecule has 2 aromatic rings. The highest BCUT2D eigenvalue weighted by Gasteiger charge is 1.99. The van der Waals surface area contributed by atoms with E-state index in [0.717, 1.165) is 17.0 Å². The first-order valence-corrected chi connectivity index (χ1v) is 4.10. The first kappa shape index (κ1) is 8.19. The first-order chi connectivity index (χ1) is 6.29. The zero-order valence-corrected chi connectivity index (χ0v) is 7.69. The Morgan fingerprint density at radius 1 is 1.54 bits per heavy atom. The molecule has 0 aliphatic rings. The Balaban J connectivity index is 2.48. The number of fused-ring (bicyclic) bond motifs is 1. The largest absolute Gasteiger partial charge is 0.378 e. The number of aryl methyl sites for hydroxylation is 1. The average molecular weight is 177 g/mol. The number of hydrogen-bond donors (Lipinski definition) is 0. The summed E-state index contributed by atoms with van der Waals surface area (Å²) in [7, 11) is 1.66. The second kappa shape index (κ2) is 3.14. The van der Waals surface area contributed by atoms with E-state index in [0.29, 0.717) is 6.61 Å². The summed E-state index contributed by atoms with van der Waals surface area (Å²) in [5.74, 6) is 0. The van der Waals surface area contributed by atoms with Crippen molar-refractivity contribution in [3.63, 3.8) is 0 Å². The normalized spacial score (nSPS) is 10.9. The lowest BCUT2D eigenvalue weighted by Crippen LogP contribution is -1.96. The van der Waals surface area contributed by atoms with Crippen LogP contribution >= 0.6 is 0 Å². The maximum absolute atomic E-state index is 4.99. The van der Waals surface area contributed by atoms with Gasteiger partial charge in [-0.3, -0.25) is 0 Å². The molecule has 2 aromatic heterocycles. The Morgan fingerprint density at radius 2 is 2.38 bits per heavy atom. The molecule has 0 bridgehead atoms. The van der Waals surface area contributed by atoms with E-state index in [1.807, 2.05) is 25.3 Å². The van der Waals surface area contributed by atoms with Crippen LogP contribution in [-0.4, -0.2) is 21.7 Å².